The molecule has 0 spiro atoms. The van der Waals surface area contributed by atoms with Crippen molar-refractivity contribution in [3.05, 3.63) is 48.1 Å². The van der Waals surface area contributed by atoms with Crippen molar-refractivity contribution < 1.29 is 4.48 Å². The first-order valence-electron chi connectivity index (χ1n) is 8.37. The Bertz CT molecular complexity index is 1030. The fourth-order valence-corrected chi connectivity index (χ4v) is 3.22. The molecule has 2 heterocycles. The second-order valence-corrected chi connectivity index (χ2v) is 6.70. The van der Waals surface area contributed by atoms with E-state index in [0.717, 1.165) is 5.70 Å². The molecule has 6 heteroatoms. The van der Waals surface area contributed by atoms with Crippen LogP contribution in [0.3, 0.4) is 0 Å². The lowest BCUT2D eigenvalue weighted by Gasteiger charge is -2.15. The molecule has 1 aliphatic rings. The third kappa shape index (κ3) is 2.82. The third-order valence-corrected chi connectivity index (χ3v) is 4.75. The number of imidazole rings is 1. The van der Waals surface area contributed by atoms with Gasteiger partial charge in [-0.2, -0.15) is 10.1 Å². The van der Waals surface area contributed by atoms with Gasteiger partial charge in [-0.05, 0) is 43.9 Å². The molecule has 1 aromatic carbocycles. The first-order chi connectivity index (χ1) is 12.1. The van der Waals surface area contributed by atoms with E-state index in [0.29, 0.717) is 50.7 Å². The number of nitrogens with zero attached hydrogens (tertiary/aromatic N) is 4. The molecule has 1 saturated carbocycles. The molecule has 1 N–H and O–H groups in total. The first-order valence-corrected chi connectivity index (χ1v) is 8.37. The van der Waals surface area contributed by atoms with E-state index in [1.165, 1.54) is 12.8 Å². The molecule has 0 bridgehead atoms. The lowest BCUT2D eigenvalue weighted by molar-refractivity contribution is 0.367. The molecule has 0 saturated heterocycles. The van der Waals surface area contributed by atoms with Gasteiger partial charge in [0.2, 0.25) is 0 Å². The van der Waals surface area contributed by atoms with Crippen LogP contribution in [0.4, 0.5) is 4.48 Å². The van der Waals surface area contributed by atoms with E-state index in [-0.39, 0.29) is 5.82 Å². The predicted octanol–water partition coefficient (Wildman–Crippen LogP) is 3.63. The largest absolute Gasteiger partial charge is 0.386 e. The smallest absolute Gasteiger partial charge is 0.146 e. The van der Waals surface area contributed by atoms with Crippen LogP contribution in [0.1, 0.15) is 31.2 Å². The molecule has 25 heavy (non-hydrogen) atoms. The number of allylic oxidation sites excluding steroid dienone is 1. The highest BCUT2D eigenvalue weighted by molar-refractivity contribution is 6.02. The molecule has 0 aliphatic heterocycles. The molecule has 3 aromatic rings. The Morgan fingerprint density at radius 2 is 2.28 bits per heavy atom. The molecule has 1 atom stereocenters. The summed E-state index contributed by atoms with van der Waals surface area (Å²) >= 11 is 0. The van der Waals surface area contributed by atoms with Gasteiger partial charge in [-0.1, -0.05) is 11.1 Å². The number of aromatic nitrogens is 3. The number of nitrogens with one attached hydrogen (secondary N) is 1. The zero-order valence-electron chi connectivity index (χ0n) is 14.0. The Morgan fingerprint density at radius 3 is 3.00 bits per heavy atom. The maximum absolute atomic E-state index is 14.9. The normalized spacial score (nSPS) is 15.2. The Kier molecular flexibility index (Phi) is 3.65. The molecule has 0 amide bonds. The van der Waals surface area contributed by atoms with Crippen LogP contribution in [0.15, 0.2) is 36.7 Å². The Hall–Kier alpha value is -2.94. The van der Waals surface area contributed by atoms with Crippen LogP contribution in [-0.4, -0.2) is 20.8 Å². The average molecular weight is 335 g/mol. The van der Waals surface area contributed by atoms with Gasteiger partial charge in [0.1, 0.15) is 16.9 Å². The van der Waals surface area contributed by atoms with E-state index in [2.05, 4.69) is 34.9 Å². The van der Waals surface area contributed by atoms with Gasteiger partial charge in [-0.3, -0.25) is 4.98 Å². The molecule has 1 fully saturated rings. The number of halogens is 1. The maximum atomic E-state index is 14.9. The van der Waals surface area contributed by atoms with Crippen LogP contribution in [-0.2, 0) is 6.42 Å². The summed E-state index contributed by atoms with van der Waals surface area (Å²) in [5, 5.41) is 13.0. The van der Waals surface area contributed by atoms with Gasteiger partial charge in [0, 0.05) is 23.5 Å². The van der Waals surface area contributed by atoms with Gasteiger partial charge < -0.3 is 5.32 Å². The fourth-order valence-electron chi connectivity index (χ4n) is 3.22. The van der Waals surface area contributed by atoms with Crippen LogP contribution in [0, 0.1) is 17.2 Å². The Labute approximate surface area is 144 Å². The van der Waals surface area contributed by atoms with Gasteiger partial charge in [-0.15, -0.1) is 0 Å². The zero-order valence-corrected chi connectivity index (χ0v) is 14.0. The number of hydrogen-bond donors (Lipinski definition) is 1. The summed E-state index contributed by atoms with van der Waals surface area (Å²) in [5.74, 6) is 0.977. The van der Waals surface area contributed by atoms with Crippen molar-refractivity contribution in [2.24, 2.45) is 5.92 Å². The highest BCUT2D eigenvalue weighted by atomic mass is 19.2. The number of benzene rings is 1. The fraction of sp³-hybridized carbons (Fsp3) is 0.316. The molecular formula is C19H18FN5. The first kappa shape index (κ1) is 15.6. The molecule has 126 valence electrons. The van der Waals surface area contributed by atoms with Crippen LogP contribution in [0.2, 0.25) is 0 Å². The van der Waals surface area contributed by atoms with Crippen LogP contribution < -0.4 is 5.32 Å². The molecule has 4 rings (SSSR count). The summed E-state index contributed by atoms with van der Waals surface area (Å²) < 4.78 is 14.9. The summed E-state index contributed by atoms with van der Waals surface area (Å²) in [7, 11) is 0. The minimum atomic E-state index is 0.284. The van der Waals surface area contributed by atoms with Crippen LogP contribution in [0.25, 0.3) is 21.9 Å². The summed E-state index contributed by atoms with van der Waals surface area (Å²) in [4.78, 5) is 9.27. The minimum absolute atomic E-state index is 0.284. The van der Waals surface area contributed by atoms with E-state index < -0.39 is 0 Å². The van der Waals surface area contributed by atoms with Crippen molar-refractivity contribution in [1.82, 2.24) is 20.1 Å². The van der Waals surface area contributed by atoms with Crippen LogP contribution in [0.5, 0.6) is 0 Å². The van der Waals surface area contributed by atoms with E-state index in [1.54, 1.807) is 24.4 Å². The summed E-state index contributed by atoms with van der Waals surface area (Å²) in [6, 6.07) is 7.47. The van der Waals surface area contributed by atoms with E-state index in [4.69, 9.17) is 5.26 Å². The Balaban J connectivity index is 1.70. The zero-order chi connectivity index (χ0) is 17.6. The predicted molar refractivity (Wildman–Crippen MR) is 94.4 cm³/mol. The minimum Gasteiger partial charge on any atom is -0.386 e. The van der Waals surface area contributed by atoms with E-state index >= 15 is 0 Å². The van der Waals surface area contributed by atoms with Crippen LogP contribution >= 0.6 is 0 Å². The van der Waals surface area contributed by atoms with Crippen molar-refractivity contribution in [3.63, 3.8) is 0 Å². The highest BCUT2D eigenvalue weighted by Gasteiger charge is 2.28. The average Bonchev–Trinajstić information content (AvgIpc) is 3.40. The maximum Gasteiger partial charge on any atom is 0.146 e. The quantitative estimate of drug-likeness (QED) is 0.773. The van der Waals surface area contributed by atoms with Crippen molar-refractivity contribution >= 4 is 21.9 Å². The standard InChI is InChI=1S/C19H18FN5/c1-11(23-12(2)14-4-5-14)7-18-24-17-10-22-16-6-3-13(9-21)8-15(16)19(17)25(18)20/h3,6,8,10,12,14,23H,1,4-5,7H2,2H3. The summed E-state index contributed by atoms with van der Waals surface area (Å²) in [6.45, 7) is 6.14. The second kappa shape index (κ2) is 5.85. The molecule has 0 radical (unpaired) electrons. The second-order valence-electron chi connectivity index (χ2n) is 6.70. The molecular weight excluding hydrogens is 317 g/mol. The number of nitriles is 1. The molecule has 1 unspecified atom stereocenters. The van der Waals surface area contributed by atoms with Gasteiger partial charge in [0.15, 0.2) is 0 Å². The summed E-state index contributed by atoms with van der Waals surface area (Å²) in [5.41, 5.74) is 2.68. The topological polar surface area (TPSA) is 66.5 Å². The van der Waals surface area contributed by atoms with E-state index in [9.17, 15) is 4.48 Å². The van der Waals surface area contributed by atoms with Crippen molar-refractivity contribution in [1.29, 1.82) is 5.26 Å². The molecule has 1 aliphatic carbocycles. The summed E-state index contributed by atoms with van der Waals surface area (Å²) in [6.07, 6.45) is 4.35. The number of fused-ring (bicyclic) bond motifs is 3. The van der Waals surface area contributed by atoms with Crippen molar-refractivity contribution in [2.45, 2.75) is 32.2 Å². The Morgan fingerprint density at radius 1 is 1.48 bits per heavy atom. The van der Waals surface area contributed by atoms with Gasteiger partial charge >= 0.3 is 0 Å². The lowest BCUT2D eigenvalue weighted by atomic mass is 10.1. The van der Waals surface area contributed by atoms with Crippen molar-refractivity contribution in [2.75, 3.05) is 0 Å². The van der Waals surface area contributed by atoms with E-state index in [1.807, 2.05) is 0 Å². The SMILES string of the molecule is C=C(Cc1nc2cnc3ccc(C#N)cc3c2n1F)NC(C)C1CC1. The molecule has 5 nitrogen and oxygen atoms in total. The highest BCUT2D eigenvalue weighted by Crippen LogP contribution is 2.33. The van der Waals surface area contributed by atoms with Gasteiger partial charge in [-0.25, -0.2) is 4.98 Å². The number of pyridine rings is 1. The van der Waals surface area contributed by atoms with Crippen molar-refractivity contribution in [3.8, 4) is 6.07 Å². The number of hydrogen-bond acceptors (Lipinski definition) is 4. The number of rotatable bonds is 5. The molecule has 2 aromatic heterocycles. The third-order valence-electron chi connectivity index (χ3n) is 4.75. The van der Waals surface area contributed by atoms with Gasteiger partial charge in [0.05, 0.1) is 23.3 Å². The monoisotopic (exact) mass is 335 g/mol. The van der Waals surface area contributed by atoms with Gasteiger partial charge in [0.25, 0.3) is 0 Å². The lowest BCUT2D eigenvalue weighted by Crippen LogP contribution is -2.27.